The Kier molecular flexibility index (Phi) is 10.6. The second kappa shape index (κ2) is 14.1. The second-order valence-electron chi connectivity index (χ2n) is 10.8. The van der Waals surface area contributed by atoms with Crippen LogP contribution in [-0.4, -0.2) is 33.6 Å². The molecule has 0 spiro atoms. The predicted octanol–water partition coefficient (Wildman–Crippen LogP) is 7.48. The molecule has 0 radical (unpaired) electrons. The number of unbranched alkanes of at least 4 members (excludes halogenated alkanes) is 1. The molecule has 0 aliphatic rings. The van der Waals surface area contributed by atoms with Gasteiger partial charge in [0.1, 0.15) is 11.6 Å². The van der Waals surface area contributed by atoms with Crippen molar-refractivity contribution in [1.29, 1.82) is 0 Å². The zero-order valence-corrected chi connectivity index (χ0v) is 26.5. The first kappa shape index (κ1) is 30.8. The molecule has 41 heavy (non-hydrogen) atoms. The van der Waals surface area contributed by atoms with Gasteiger partial charge in [0.15, 0.2) is 0 Å². The lowest BCUT2D eigenvalue weighted by molar-refractivity contribution is -0.125. The van der Waals surface area contributed by atoms with Crippen LogP contribution in [0.1, 0.15) is 72.4 Å². The van der Waals surface area contributed by atoms with Crippen LogP contribution in [0.2, 0.25) is 0 Å². The Bertz CT molecular complexity index is 1510. The van der Waals surface area contributed by atoms with Gasteiger partial charge in [0, 0.05) is 38.3 Å². The molecule has 0 bridgehead atoms. The summed E-state index contributed by atoms with van der Waals surface area (Å²) in [5.74, 6) is 1.13. The number of aryl methyl sites for hydroxylation is 1. The van der Waals surface area contributed by atoms with Crippen molar-refractivity contribution in [1.82, 2.24) is 14.9 Å². The molecule has 4 aromatic rings. The van der Waals surface area contributed by atoms with Crippen molar-refractivity contribution < 1.29 is 19.4 Å². The molecule has 218 valence electrons. The molecular weight excluding hydrogens is 602 g/mol. The molecular formula is C32H38BrN3O4S. The van der Waals surface area contributed by atoms with E-state index in [0.29, 0.717) is 29.9 Å². The van der Waals surface area contributed by atoms with Gasteiger partial charge in [-0.2, -0.15) is 0 Å². The van der Waals surface area contributed by atoms with E-state index in [0.717, 1.165) is 58.6 Å². The van der Waals surface area contributed by atoms with Crippen LogP contribution in [0, 0.1) is 11.8 Å². The third kappa shape index (κ3) is 7.77. The quantitative estimate of drug-likeness (QED) is 0.149. The normalized spacial score (nSPS) is 12.1. The number of fused-ring (bicyclic) bond motifs is 1. The highest BCUT2D eigenvalue weighted by Crippen LogP contribution is 2.34. The van der Waals surface area contributed by atoms with Crippen molar-refractivity contribution in [3.63, 3.8) is 0 Å². The first-order valence-corrected chi connectivity index (χ1v) is 15.7. The number of rotatable bonds is 14. The van der Waals surface area contributed by atoms with Crippen molar-refractivity contribution in [2.75, 3.05) is 7.11 Å². The van der Waals surface area contributed by atoms with E-state index in [1.54, 1.807) is 24.5 Å². The summed E-state index contributed by atoms with van der Waals surface area (Å²) < 4.78 is 9.39. The van der Waals surface area contributed by atoms with E-state index >= 15 is 0 Å². The van der Waals surface area contributed by atoms with Crippen molar-refractivity contribution in [3.05, 3.63) is 80.7 Å². The Morgan fingerprint density at radius 1 is 1.20 bits per heavy atom. The van der Waals surface area contributed by atoms with E-state index in [1.165, 1.54) is 4.88 Å². The number of nitrogens with zero attached hydrogens (tertiary/aromatic N) is 2. The maximum absolute atomic E-state index is 13.6. The zero-order chi connectivity index (χ0) is 29.5. The molecule has 2 aromatic heterocycles. The fourth-order valence-corrected chi connectivity index (χ4v) is 6.87. The highest BCUT2D eigenvalue weighted by molar-refractivity contribution is 9.10. The summed E-state index contributed by atoms with van der Waals surface area (Å²) in [7, 11) is 1.68. The first-order valence-electron chi connectivity index (χ1n) is 14.1. The van der Waals surface area contributed by atoms with Gasteiger partial charge in [0.05, 0.1) is 31.1 Å². The molecule has 0 aliphatic carbocycles. The zero-order valence-electron chi connectivity index (χ0n) is 24.1. The average molecular weight is 641 g/mol. The molecule has 1 unspecified atom stereocenters. The number of thiophene rings is 1. The van der Waals surface area contributed by atoms with E-state index in [1.807, 2.05) is 30.5 Å². The van der Waals surface area contributed by atoms with Crippen LogP contribution in [-0.2, 0) is 30.7 Å². The van der Waals surface area contributed by atoms with Gasteiger partial charge >= 0.3 is 5.97 Å². The molecule has 0 fully saturated rings. The van der Waals surface area contributed by atoms with Crippen LogP contribution < -0.4 is 10.1 Å². The Morgan fingerprint density at radius 2 is 2.00 bits per heavy atom. The van der Waals surface area contributed by atoms with Crippen molar-refractivity contribution in [2.45, 2.75) is 66.0 Å². The minimum Gasteiger partial charge on any atom is -0.496 e. The fraction of sp³-hybridized carbons (Fsp3) is 0.406. The number of carboxylic acid groups (broad SMARTS) is 1. The van der Waals surface area contributed by atoms with Gasteiger partial charge in [-0.3, -0.25) is 4.79 Å². The van der Waals surface area contributed by atoms with Crippen LogP contribution in [0.5, 0.6) is 5.75 Å². The van der Waals surface area contributed by atoms with Crippen LogP contribution in [0.15, 0.2) is 53.1 Å². The lowest BCUT2D eigenvalue weighted by Crippen LogP contribution is -2.33. The first-order chi connectivity index (χ1) is 19.7. The van der Waals surface area contributed by atoms with Gasteiger partial charge in [-0.25, -0.2) is 9.78 Å². The number of hydrogen-bond acceptors (Lipinski definition) is 5. The molecule has 7 nitrogen and oxygen atoms in total. The number of carbonyl (C=O) groups is 2. The number of methoxy groups -OCH3 is 1. The lowest BCUT2D eigenvalue weighted by Gasteiger charge is -2.19. The molecule has 2 heterocycles. The molecule has 2 aromatic carbocycles. The summed E-state index contributed by atoms with van der Waals surface area (Å²) in [6, 6.07) is 13.5. The molecule has 9 heteroatoms. The summed E-state index contributed by atoms with van der Waals surface area (Å²) in [6.45, 7) is 7.37. The molecule has 4 rings (SSSR count). The summed E-state index contributed by atoms with van der Waals surface area (Å²) in [5.41, 5.74) is 2.12. The third-order valence-electron chi connectivity index (χ3n) is 7.19. The lowest BCUT2D eigenvalue weighted by atomic mass is 9.92. The highest BCUT2D eigenvalue weighted by Gasteiger charge is 2.23. The molecule has 0 saturated carbocycles. The number of aromatic carboxylic acids is 1. The van der Waals surface area contributed by atoms with Crippen molar-refractivity contribution in [2.24, 2.45) is 11.8 Å². The minimum absolute atomic E-state index is 0.0412. The van der Waals surface area contributed by atoms with E-state index < -0.39 is 5.97 Å². The Labute approximate surface area is 254 Å². The third-order valence-corrected chi connectivity index (χ3v) is 8.97. The SMILES string of the molecule is CCCCc1ncc(CNC(=O)C(Cc2cc3c(OC)cccc3s2)CC(C)C)n1Cc1ccc(C(=O)O)c(Br)c1. The molecule has 0 saturated heterocycles. The molecule has 0 aliphatic heterocycles. The number of carbonyl (C=O) groups excluding carboxylic acids is 1. The average Bonchev–Trinajstić information content (AvgIpc) is 3.52. The van der Waals surface area contributed by atoms with E-state index in [2.05, 4.69) is 58.7 Å². The summed E-state index contributed by atoms with van der Waals surface area (Å²) in [4.78, 5) is 30.9. The number of imidazole rings is 1. The van der Waals surface area contributed by atoms with Gasteiger partial charge < -0.3 is 19.7 Å². The van der Waals surface area contributed by atoms with Crippen molar-refractivity contribution >= 4 is 49.2 Å². The number of aromatic nitrogens is 2. The Balaban J connectivity index is 1.52. The molecule has 1 atom stereocenters. The summed E-state index contributed by atoms with van der Waals surface area (Å²) >= 11 is 5.11. The minimum atomic E-state index is -0.969. The maximum Gasteiger partial charge on any atom is 0.336 e. The maximum atomic E-state index is 13.6. The highest BCUT2D eigenvalue weighted by atomic mass is 79.9. The van der Waals surface area contributed by atoms with Gasteiger partial charge in [-0.1, -0.05) is 39.3 Å². The van der Waals surface area contributed by atoms with Gasteiger partial charge in [0.2, 0.25) is 5.91 Å². The Hall–Kier alpha value is -3.17. The number of amides is 1. The second-order valence-corrected chi connectivity index (χ2v) is 12.8. The molecule has 2 N–H and O–H groups in total. The standard InChI is InChI=1S/C32H38BrN3O4S/c1-5-6-10-30-34-17-23(36(30)19-21-11-12-25(32(38)39)27(33)14-21)18-35-31(37)22(13-20(2)3)15-24-16-26-28(40-4)8-7-9-29(26)41-24/h7-9,11-12,14,16-17,20,22H,5-6,10,13,15,18-19H2,1-4H3,(H,35,37)(H,38,39). The van der Waals surface area contributed by atoms with E-state index in [-0.39, 0.29) is 17.4 Å². The van der Waals surface area contributed by atoms with Crippen LogP contribution in [0.3, 0.4) is 0 Å². The number of carboxylic acids is 1. The Morgan fingerprint density at radius 3 is 2.68 bits per heavy atom. The van der Waals surface area contributed by atoms with E-state index in [9.17, 15) is 14.7 Å². The number of ether oxygens (including phenoxy) is 1. The number of nitrogens with one attached hydrogen (secondary N) is 1. The van der Waals surface area contributed by atoms with Crippen LogP contribution in [0.25, 0.3) is 10.1 Å². The number of hydrogen-bond donors (Lipinski definition) is 2. The monoisotopic (exact) mass is 639 g/mol. The van der Waals surface area contributed by atoms with Gasteiger partial charge in [-0.05, 0) is 77.0 Å². The number of halogens is 1. The summed E-state index contributed by atoms with van der Waals surface area (Å²) in [6.07, 6.45) is 6.23. The summed E-state index contributed by atoms with van der Waals surface area (Å²) in [5, 5.41) is 13.7. The number of benzene rings is 2. The largest absolute Gasteiger partial charge is 0.496 e. The van der Waals surface area contributed by atoms with Crippen molar-refractivity contribution in [3.8, 4) is 5.75 Å². The molecule has 1 amide bonds. The smallest absolute Gasteiger partial charge is 0.336 e. The van der Waals surface area contributed by atoms with Crippen LogP contribution >= 0.6 is 27.3 Å². The van der Waals surface area contributed by atoms with Crippen LogP contribution in [0.4, 0.5) is 0 Å². The van der Waals surface area contributed by atoms with Gasteiger partial charge in [0.25, 0.3) is 0 Å². The predicted molar refractivity (Wildman–Crippen MR) is 168 cm³/mol. The fourth-order valence-electron chi connectivity index (χ4n) is 5.12. The van der Waals surface area contributed by atoms with Gasteiger partial charge in [-0.15, -0.1) is 11.3 Å². The van der Waals surface area contributed by atoms with E-state index in [4.69, 9.17) is 9.72 Å². The topological polar surface area (TPSA) is 93.5 Å².